The minimum Gasteiger partial charge on any atom is -0.390 e. The molecule has 2 aliphatic rings. The monoisotopic (exact) mass is 233 g/mol. The number of nitrogen functional groups attached to an aromatic ring is 1. The van der Waals surface area contributed by atoms with Crippen molar-refractivity contribution >= 4 is 17.0 Å². The van der Waals surface area contributed by atoms with Gasteiger partial charge in [-0.3, -0.25) is 4.57 Å². The van der Waals surface area contributed by atoms with Gasteiger partial charge in [0.25, 0.3) is 0 Å². The van der Waals surface area contributed by atoms with Gasteiger partial charge >= 0.3 is 0 Å². The van der Waals surface area contributed by atoms with Crippen LogP contribution in [0, 0.1) is 0 Å². The molecular weight excluding hydrogens is 222 g/mol. The Labute approximate surface area is 96.3 Å². The van der Waals surface area contributed by atoms with E-state index in [1.165, 1.54) is 6.33 Å². The van der Waals surface area contributed by atoms with Crippen LogP contribution in [0.15, 0.2) is 6.33 Å². The average molecular weight is 233 g/mol. The van der Waals surface area contributed by atoms with Crippen molar-refractivity contribution in [3.63, 3.8) is 0 Å². The molecule has 1 fully saturated rings. The molecule has 2 bridgehead atoms. The lowest BCUT2D eigenvalue weighted by molar-refractivity contribution is -0.0363. The predicted octanol–water partition coefficient (Wildman–Crippen LogP) is -0.387. The number of imidazole rings is 1. The number of rotatable bonds is 0. The van der Waals surface area contributed by atoms with E-state index < -0.39 is 6.10 Å². The zero-order chi connectivity index (χ0) is 11.6. The molecule has 3 atom stereocenters. The first-order valence-electron chi connectivity index (χ1n) is 5.55. The van der Waals surface area contributed by atoms with Crippen LogP contribution in [0.4, 0.5) is 5.82 Å². The van der Waals surface area contributed by atoms with Crippen molar-refractivity contribution in [2.24, 2.45) is 0 Å². The SMILES string of the molecule is Nc1ncnc2c1nc1n2[C@H]2C[C@H](O)[C@@H](C1)O2. The van der Waals surface area contributed by atoms with Gasteiger partial charge in [-0.1, -0.05) is 0 Å². The third-order valence-electron chi connectivity index (χ3n) is 3.45. The number of fused-ring (bicyclic) bond motifs is 6. The molecule has 4 rings (SSSR count). The predicted molar refractivity (Wildman–Crippen MR) is 58.0 cm³/mol. The zero-order valence-electron chi connectivity index (χ0n) is 8.95. The van der Waals surface area contributed by atoms with Gasteiger partial charge < -0.3 is 15.6 Å². The Morgan fingerprint density at radius 3 is 3.24 bits per heavy atom. The van der Waals surface area contributed by atoms with Crippen LogP contribution in [-0.4, -0.2) is 36.8 Å². The van der Waals surface area contributed by atoms with Crippen molar-refractivity contribution in [2.75, 3.05) is 5.73 Å². The zero-order valence-corrected chi connectivity index (χ0v) is 8.95. The number of nitrogens with zero attached hydrogens (tertiary/aromatic N) is 4. The molecule has 2 aliphatic heterocycles. The average Bonchev–Trinajstić information content (AvgIpc) is 2.81. The summed E-state index contributed by atoms with van der Waals surface area (Å²) in [5.74, 6) is 1.25. The fourth-order valence-corrected chi connectivity index (χ4v) is 2.65. The van der Waals surface area contributed by atoms with Crippen LogP contribution < -0.4 is 5.73 Å². The van der Waals surface area contributed by atoms with Gasteiger partial charge in [-0.05, 0) is 0 Å². The van der Waals surface area contributed by atoms with E-state index in [0.717, 1.165) is 5.82 Å². The second-order valence-corrected chi connectivity index (χ2v) is 4.47. The molecule has 4 heterocycles. The summed E-state index contributed by atoms with van der Waals surface area (Å²) in [6.07, 6.45) is 1.83. The highest BCUT2D eigenvalue weighted by molar-refractivity contribution is 5.82. The smallest absolute Gasteiger partial charge is 0.167 e. The third-order valence-corrected chi connectivity index (χ3v) is 3.45. The van der Waals surface area contributed by atoms with Crippen LogP contribution in [0.5, 0.6) is 0 Å². The Balaban J connectivity index is 1.99. The van der Waals surface area contributed by atoms with Gasteiger partial charge in [0.1, 0.15) is 18.4 Å². The van der Waals surface area contributed by atoms with Crippen molar-refractivity contribution in [1.82, 2.24) is 19.5 Å². The standard InChI is InChI=1S/C10H11N5O2/c11-9-8-10(13-3-12-9)15-6(14-8)2-5-4(16)1-7(15)17-5/h3-5,7,16H,1-2H2,(H2,11,12,13)/t4-,5+,7+/m0/s1. The largest absolute Gasteiger partial charge is 0.390 e. The number of nitrogens with two attached hydrogens (primary N) is 1. The van der Waals surface area contributed by atoms with Crippen molar-refractivity contribution < 1.29 is 9.84 Å². The van der Waals surface area contributed by atoms with Crippen LogP contribution in [0.25, 0.3) is 11.2 Å². The third kappa shape index (κ3) is 1.10. The fraction of sp³-hybridized carbons (Fsp3) is 0.500. The first-order chi connectivity index (χ1) is 8.24. The summed E-state index contributed by atoms with van der Waals surface area (Å²) >= 11 is 0. The van der Waals surface area contributed by atoms with Gasteiger partial charge in [0.2, 0.25) is 0 Å². The number of aliphatic hydroxyl groups excluding tert-OH is 1. The molecule has 2 aromatic heterocycles. The Hall–Kier alpha value is -1.73. The van der Waals surface area contributed by atoms with Crippen molar-refractivity contribution in [3.8, 4) is 0 Å². The lowest BCUT2D eigenvalue weighted by atomic mass is 10.1. The number of ether oxygens (including phenoxy) is 1. The van der Waals surface area contributed by atoms with E-state index in [4.69, 9.17) is 10.5 Å². The molecular formula is C10H11N5O2. The molecule has 0 aromatic carbocycles. The minimum atomic E-state index is -0.420. The molecule has 0 spiro atoms. The van der Waals surface area contributed by atoms with E-state index >= 15 is 0 Å². The first-order valence-corrected chi connectivity index (χ1v) is 5.55. The van der Waals surface area contributed by atoms with E-state index in [2.05, 4.69) is 15.0 Å². The molecule has 3 N–H and O–H groups in total. The Kier molecular flexibility index (Phi) is 1.61. The number of hydrogen-bond acceptors (Lipinski definition) is 6. The Morgan fingerprint density at radius 2 is 2.35 bits per heavy atom. The second-order valence-electron chi connectivity index (χ2n) is 4.47. The van der Waals surface area contributed by atoms with Crippen LogP contribution >= 0.6 is 0 Å². The van der Waals surface area contributed by atoms with Crippen LogP contribution in [0.2, 0.25) is 0 Å². The van der Waals surface area contributed by atoms with Gasteiger partial charge in [-0.15, -0.1) is 0 Å². The normalized spacial score (nSPS) is 30.8. The number of anilines is 1. The molecule has 88 valence electrons. The van der Waals surface area contributed by atoms with E-state index in [0.29, 0.717) is 29.8 Å². The molecule has 0 amide bonds. The highest BCUT2D eigenvalue weighted by atomic mass is 16.5. The molecule has 0 saturated carbocycles. The number of aromatic nitrogens is 4. The Bertz CT molecular complexity index is 608. The molecule has 17 heavy (non-hydrogen) atoms. The molecule has 0 aliphatic carbocycles. The van der Waals surface area contributed by atoms with Crippen molar-refractivity contribution in [2.45, 2.75) is 31.3 Å². The van der Waals surface area contributed by atoms with Gasteiger partial charge in [0, 0.05) is 12.8 Å². The summed E-state index contributed by atoms with van der Waals surface area (Å²) in [5.41, 5.74) is 7.08. The lowest BCUT2D eigenvalue weighted by Crippen LogP contribution is -2.27. The van der Waals surface area contributed by atoms with E-state index in [1.54, 1.807) is 0 Å². The highest BCUT2D eigenvalue weighted by Gasteiger charge is 2.42. The quantitative estimate of drug-likeness (QED) is 0.643. The Morgan fingerprint density at radius 1 is 1.47 bits per heavy atom. The second kappa shape index (κ2) is 2.93. The summed E-state index contributed by atoms with van der Waals surface area (Å²) in [6.45, 7) is 0. The molecule has 7 nitrogen and oxygen atoms in total. The highest BCUT2D eigenvalue weighted by Crippen LogP contribution is 2.38. The van der Waals surface area contributed by atoms with Crippen LogP contribution in [0.1, 0.15) is 18.5 Å². The van der Waals surface area contributed by atoms with E-state index in [-0.39, 0.29) is 12.3 Å². The summed E-state index contributed by atoms with van der Waals surface area (Å²) in [6, 6.07) is 0. The summed E-state index contributed by atoms with van der Waals surface area (Å²) in [7, 11) is 0. The molecule has 1 saturated heterocycles. The topological polar surface area (TPSA) is 99.1 Å². The van der Waals surface area contributed by atoms with Crippen LogP contribution in [0.3, 0.4) is 0 Å². The van der Waals surface area contributed by atoms with Crippen molar-refractivity contribution in [1.29, 1.82) is 0 Å². The van der Waals surface area contributed by atoms with Crippen LogP contribution in [-0.2, 0) is 11.2 Å². The molecule has 0 radical (unpaired) electrons. The molecule has 2 aromatic rings. The number of aliphatic hydroxyl groups is 1. The van der Waals surface area contributed by atoms with Gasteiger partial charge in [-0.25, -0.2) is 15.0 Å². The van der Waals surface area contributed by atoms with E-state index in [9.17, 15) is 5.11 Å². The van der Waals surface area contributed by atoms with Crippen molar-refractivity contribution in [3.05, 3.63) is 12.2 Å². The number of hydrogen-bond donors (Lipinski definition) is 2. The van der Waals surface area contributed by atoms with Gasteiger partial charge in [0.15, 0.2) is 17.0 Å². The maximum absolute atomic E-state index is 9.79. The lowest BCUT2D eigenvalue weighted by Gasteiger charge is -2.22. The summed E-state index contributed by atoms with van der Waals surface area (Å²) in [5, 5.41) is 9.79. The maximum Gasteiger partial charge on any atom is 0.167 e. The summed E-state index contributed by atoms with van der Waals surface area (Å²) in [4.78, 5) is 12.6. The summed E-state index contributed by atoms with van der Waals surface area (Å²) < 4.78 is 7.63. The molecule has 7 heteroatoms. The maximum atomic E-state index is 9.79. The molecule has 0 unspecified atom stereocenters. The van der Waals surface area contributed by atoms with E-state index in [1.807, 2.05) is 4.57 Å². The van der Waals surface area contributed by atoms with Gasteiger partial charge in [-0.2, -0.15) is 0 Å². The first kappa shape index (κ1) is 9.32. The fourth-order valence-electron chi connectivity index (χ4n) is 2.65. The minimum absolute atomic E-state index is 0.154. The van der Waals surface area contributed by atoms with Gasteiger partial charge in [0.05, 0.1) is 12.2 Å².